The minimum Gasteiger partial charge on any atom is -0.367 e. The van der Waals surface area contributed by atoms with Crippen LogP contribution in [-0.4, -0.2) is 66.1 Å². The van der Waals surface area contributed by atoms with E-state index in [4.69, 9.17) is 0 Å². The molecule has 2 aliphatic heterocycles. The highest BCUT2D eigenvalue weighted by Gasteiger charge is 2.24. The molecule has 1 aromatic heterocycles. The van der Waals surface area contributed by atoms with Crippen LogP contribution < -0.4 is 15.5 Å². The van der Waals surface area contributed by atoms with Crippen LogP contribution in [0.15, 0.2) is 12.4 Å². The molecule has 7 nitrogen and oxygen atoms in total. The molecule has 1 aliphatic carbocycles. The van der Waals surface area contributed by atoms with Gasteiger partial charge in [-0.25, -0.2) is 9.97 Å². The summed E-state index contributed by atoms with van der Waals surface area (Å²) in [7, 11) is 0. The van der Waals surface area contributed by atoms with Gasteiger partial charge in [-0.05, 0) is 64.0 Å². The Kier molecular flexibility index (Phi) is 7.19. The summed E-state index contributed by atoms with van der Waals surface area (Å²) in [6, 6.07) is 2.67. The minimum absolute atomic E-state index is 0.206. The van der Waals surface area contributed by atoms with Crippen molar-refractivity contribution < 1.29 is 4.79 Å². The van der Waals surface area contributed by atoms with Crippen molar-refractivity contribution in [2.75, 3.05) is 49.5 Å². The van der Waals surface area contributed by atoms with Crippen LogP contribution in [0.5, 0.6) is 0 Å². The zero-order valence-electron chi connectivity index (χ0n) is 17.6. The second-order valence-electron chi connectivity index (χ2n) is 8.93. The first-order valence-electron chi connectivity index (χ1n) is 11.6. The topological polar surface area (TPSA) is 73.4 Å². The molecule has 1 saturated carbocycles. The van der Waals surface area contributed by atoms with E-state index in [9.17, 15) is 4.79 Å². The van der Waals surface area contributed by atoms with Gasteiger partial charge in [0.15, 0.2) is 0 Å². The average Bonchev–Trinajstić information content (AvgIpc) is 3.57. The molecule has 1 aromatic rings. The first kappa shape index (κ1) is 20.4. The predicted molar refractivity (Wildman–Crippen MR) is 116 cm³/mol. The van der Waals surface area contributed by atoms with E-state index >= 15 is 0 Å². The van der Waals surface area contributed by atoms with E-state index in [1.165, 1.54) is 51.6 Å². The number of rotatable bonds is 9. The van der Waals surface area contributed by atoms with E-state index in [1.807, 2.05) is 0 Å². The monoisotopic (exact) mass is 400 g/mol. The fraction of sp³-hybridized carbons (Fsp3) is 0.773. The summed E-state index contributed by atoms with van der Waals surface area (Å²) in [6.07, 6.45) is 12.1. The summed E-state index contributed by atoms with van der Waals surface area (Å²) in [5, 5.41) is 6.58. The van der Waals surface area contributed by atoms with Crippen LogP contribution >= 0.6 is 0 Å². The van der Waals surface area contributed by atoms with Crippen LogP contribution in [0.4, 0.5) is 11.6 Å². The third-order valence-electron chi connectivity index (χ3n) is 6.40. The normalized spacial score (nSPS) is 23.0. The highest BCUT2D eigenvalue weighted by molar-refractivity contribution is 5.75. The molecule has 29 heavy (non-hydrogen) atoms. The second-order valence-corrected chi connectivity index (χ2v) is 8.93. The Morgan fingerprint density at radius 3 is 2.76 bits per heavy atom. The number of piperidine rings is 2. The lowest BCUT2D eigenvalue weighted by molar-refractivity contribution is -0.121. The van der Waals surface area contributed by atoms with Gasteiger partial charge in [-0.2, -0.15) is 0 Å². The number of nitrogens with one attached hydrogen (secondary N) is 2. The number of aromatic nitrogens is 2. The summed E-state index contributed by atoms with van der Waals surface area (Å²) < 4.78 is 0. The van der Waals surface area contributed by atoms with Gasteiger partial charge in [0, 0.05) is 44.7 Å². The van der Waals surface area contributed by atoms with Crippen LogP contribution in [0, 0.1) is 5.92 Å². The van der Waals surface area contributed by atoms with Crippen LogP contribution in [-0.2, 0) is 4.79 Å². The number of amides is 1. The minimum atomic E-state index is 0.206. The molecule has 7 heteroatoms. The molecular formula is C22H36N6O. The van der Waals surface area contributed by atoms with Gasteiger partial charge in [0.25, 0.3) is 0 Å². The van der Waals surface area contributed by atoms with E-state index in [1.54, 1.807) is 6.33 Å². The van der Waals surface area contributed by atoms with Crippen LogP contribution in [0.3, 0.4) is 0 Å². The van der Waals surface area contributed by atoms with Gasteiger partial charge in [-0.15, -0.1) is 0 Å². The van der Waals surface area contributed by atoms with E-state index in [0.717, 1.165) is 50.7 Å². The van der Waals surface area contributed by atoms with E-state index in [0.29, 0.717) is 18.4 Å². The highest BCUT2D eigenvalue weighted by atomic mass is 16.1. The van der Waals surface area contributed by atoms with Crippen LogP contribution in [0.2, 0.25) is 0 Å². The smallest absolute Gasteiger partial charge is 0.220 e. The molecule has 4 rings (SSSR count). The Morgan fingerprint density at radius 2 is 1.93 bits per heavy atom. The molecule has 1 unspecified atom stereocenters. The zero-order chi connectivity index (χ0) is 19.9. The summed E-state index contributed by atoms with van der Waals surface area (Å²) in [6.45, 7) is 6.18. The SMILES string of the molecule is O=C(CCC1CCCN(c2cc(NC3CC3)ncn2)C1)NCCN1CCCCC1. The first-order valence-corrected chi connectivity index (χ1v) is 11.6. The summed E-state index contributed by atoms with van der Waals surface area (Å²) in [5.41, 5.74) is 0. The molecule has 0 radical (unpaired) electrons. The van der Waals surface area contributed by atoms with Gasteiger partial charge in [0.2, 0.25) is 5.91 Å². The number of hydrogen-bond acceptors (Lipinski definition) is 6. The fourth-order valence-corrected chi connectivity index (χ4v) is 4.50. The molecule has 160 valence electrons. The molecule has 0 spiro atoms. The summed E-state index contributed by atoms with van der Waals surface area (Å²) >= 11 is 0. The maximum Gasteiger partial charge on any atom is 0.220 e. The lowest BCUT2D eigenvalue weighted by Crippen LogP contribution is -2.38. The van der Waals surface area contributed by atoms with Crippen LogP contribution in [0.25, 0.3) is 0 Å². The molecule has 2 saturated heterocycles. The van der Waals surface area contributed by atoms with Gasteiger partial charge in [0.1, 0.15) is 18.0 Å². The Hall–Kier alpha value is -1.89. The summed E-state index contributed by atoms with van der Waals surface area (Å²) in [4.78, 5) is 25.9. The Morgan fingerprint density at radius 1 is 1.07 bits per heavy atom. The Labute approximate surface area is 174 Å². The van der Waals surface area contributed by atoms with Gasteiger partial charge in [0.05, 0.1) is 0 Å². The Balaban J connectivity index is 1.17. The molecule has 1 amide bonds. The quantitative estimate of drug-likeness (QED) is 0.664. The largest absolute Gasteiger partial charge is 0.367 e. The predicted octanol–water partition coefficient (Wildman–Crippen LogP) is 2.65. The standard InChI is InChI=1S/C22H36N6O/c29-22(23-10-14-27-11-2-1-3-12-27)9-6-18-5-4-13-28(16-18)21-15-20(24-17-25-21)26-19-7-8-19/h15,17-19H,1-14,16H2,(H,23,29)(H,24,25,26). The van der Waals surface area contributed by atoms with Gasteiger partial charge >= 0.3 is 0 Å². The lowest BCUT2D eigenvalue weighted by Gasteiger charge is -2.33. The third-order valence-corrected chi connectivity index (χ3v) is 6.40. The molecule has 1 atom stereocenters. The van der Waals surface area contributed by atoms with Crippen molar-refractivity contribution in [3.63, 3.8) is 0 Å². The van der Waals surface area contributed by atoms with Crippen molar-refractivity contribution >= 4 is 17.5 Å². The molecule has 0 aromatic carbocycles. The number of likely N-dealkylation sites (tertiary alicyclic amines) is 1. The second kappa shape index (κ2) is 10.2. The van der Waals surface area contributed by atoms with Crippen molar-refractivity contribution in [2.24, 2.45) is 5.92 Å². The maximum absolute atomic E-state index is 12.3. The number of hydrogen-bond donors (Lipinski definition) is 2. The number of nitrogens with zero attached hydrogens (tertiary/aromatic N) is 4. The number of carbonyl (C=O) groups excluding carboxylic acids is 1. The molecule has 3 aliphatic rings. The first-order chi connectivity index (χ1) is 14.3. The molecule has 3 fully saturated rings. The van der Waals surface area contributed by atoms with Gasteiger partial charge in [-0.3, -0.25) is 4.79 Å². The van der Waals surface area contributed by atoms with Crippen LogP contribution in [0.1, 0.15) is 57.8 Å². The fourth-order valence-electron chi connectivity index (χ4n) is 4.50. The highest BCUT2D eigenvalue weighted by Crippen LogP contribution is 2.27. The third kappa shape index (κ3) is 6.56. The van der Waals surface area contributed by atoms with Crippen molar-refractivity contribution in [1.29, 1.82) is 0 Å². The zero-order valence-corrected chi connectivity index (χ0v) is 17.6. The van der Waals surface area contributed by atoms with Crippen molar-refractivity contribution in [1.82, 2.24) is 20.2 Å². The molecular weight excluding hydrogens is 364 g/mol. The van der Waals surface area contributed by atoms with E-state index < -0.39 is 0 Å². The molecule has 0 bridgehead atoms. The maximum atomic E-state index is 12.3. The molecule has 2 N–H and O–H groups in total. The van der Waals surface area contributed by atoms with Gasteiger partial charge in [-0.1, -0.05) is 6.42 Å². The van der Waals surface area contributed by atoms with Crippen molar-refractivity contribution in [2.45, 2.75) is 63.8 Å². The number of anilines is 2. The van der Waals surface area contributed by atoms with Gasteiger partial charge < -0.3 is 20.4 Å². The average molecular weight is 401 g/mol. The van der Waals surface area contributed by atoms with Crippen molar-refractivity contribution in [3.8, 4) is 0 Å². The number of carbonyl (C=O) groups is 1. The van der Waals surface area contributed by atoms with E-state index in [2.05, 4.69) is 36.5 Å². The lowest BCUT2D eigenvalue weighted by atomic mass is 9.93. The Bertz CT molecular complexity index is 658. The molecule has 3 heterocycles. The summed E-state index contributed by atoms with van der Waals surface area (Å²) in [5.74, 6) is 2.72. The van der Waals surface area contributed by atoms with Crippen molar-refractivity contribution in [3.05, 3.63) is 12.4 Å². The van der Waals surface area contributed by atoms with E-state index in [-0.39, 0.29) is 5.91 Å².